The molecule has 2 heterocycles. The zero-order valence-corrected chi connectivity index (χ0v) is 17.6. The van der Waals surface area contributed by atoms with Gasteiger partial charge in [-0.1, -0.05) is 0 Å². The van der Waals surface area contributed by atoms with Crippen LogP contribution in [0.2, 0.25) is 0 Å². The number of hydrogen-bond donors (Lipinski definition) is 2. The van der Waals surface area contributed by atoms with Gasteiger partial charge in [-0.3, -0.25) is 9.48 Å². The molecule has 32 heavy (non-hydrogen) atoms. The molecule has 0 aliphatic rings. The molecule has 3 aromatic rings. The highest BCUT2D eigenvalue weighted by Crippen LogP contribution is 2.32. The molecule has 0 aliphatic carbocycles. The molecule has 0 amide bonds. The summed E-state index contributed by atoms with van der Waals surface area (Å²) in [7, 11) is 4.22. The second-order valence-electron chi connectivity index (χ2n) is 6.58. The van der Waals surface area contributed by atoms with Crippen molar-refractivity contribution >= 4 is 17.7 Å². The lowest BCUT2D eigenvalue weighted by atomic mass is 10.1. The number of aryl methyl sites for hydroxylation is 2. The third-order valence-corrected chi connectivity index (χ3v) is 4.49. The number of aromatic nitrogens is 4. The van der Waals surface area contributed by atoms with Crippen molar-refractivity contribution in [1.82, 2.24) is 19.7 Å². The number of benzene rings is 1. The van der Waals surface area contributed by atoms with Crippen molar-refractivity contribution in [3.05, 3.63) is 47.4 Å². The number of carboxylic acid groups (broad SMARTS) is 1. The monoisotopic (exact) mass is 449 g/mol. The Labute approximate surface area is 181 Å². The SMILES string of the molecule is COc1cc(OC)c(F)c(COc2cnc(Nc3cc(CCC(=O)O)n(C)n3)nc2)c1F. The Kier molecular flexibility index (Phi) is 7.03. The summed E-state index contributed by atoms with van der Waals surface area (Å²) >= 11 is 0. The van der Waals surface area contributed by atoms with Gasteiger partial charge >= 0.3 is 5.97 Å². The highest BCUT2D eigenvalue weighted by molar-refractivity contribution is 5.67. The summed E-state index contributed by atoms with van der Waals surface area (Å²) in [6, 6.07) is 2.81. The zero-order chi connectivity index (χ0) is 23.3. The van der Waals surface area contributed by atoms with Gasteiger partial charge in [0.25, 0.3) is 0 Å². The van der Waals surface area contributed by atoms with Crippen molar-refractivity contribution in [2.45, 2.75) is 19.4 Å². The summed E-state index contributed by atoms with van der Waals surface area (Å²) in [5, 5.41) is 15.9. The van der Waals surface area contributed by atoms with Gasteiger partial charge < -0.3 is 24.6 Å². The van der Waals surface area contributed by atoms with Gasteiger partial charge in [-0.2, -0.15) is 5.10 Å². The van der Waals surface area contributed by atoms with E-state index in [9.17, 15) is 13.6 Å². The Bertz CT molecular complexity index is 1080. The lowest BCUT2D eigenvalue weighted by Gasteiger charge is -2.13. The quantitative estimate of drug-likeness (QED) is 0.481. The van der Waals surface area contributed by atoms with Gasteiger partial charge in [0, 0.05) is 24.9 Å². The Morgan fingerprint density at radius 2 is 1.75 bits per heavy atom. The summed E-state index contributed by atoms with van der Waals surface area (Å²) in [6.45, 7) is -0.436. The molecule has 10 nitrogen and oxygen atoms in total. The van der Waals surface area contributed by atoms with E-state index >= 15 is 0 Å². The molecule has 0 unspecified atom stereocenters. The molecule has 1 aromatic carbocycles. The summed E-state index contributed by atoms with van der Waals surface area (Å²) in [4.78, 5) is 18.9. The molecular weight excluding hydrogens is 428 g/mol. The summed E-state index contributed by atoms with van der Waals surface area (Å²) in [5.41, 5.74) is 0.374. The van der Waals surface area contributed by atoms with E-state index in [-0.39, 0.29) is 35.2 Å². The number of halogens is 2. The van der Waals surface area contributed by atoms with E-state index < -0.39 is 24.2 Å². The highest BCUT2D eigenvalue weighted by Gasteiger charge is 2.20. The number of aliphatic carboxylic acids is 1. The van der Waals surface area contributed by atoms with Crippen LogP contribution in [-0.4, -0.2) is 45.0 Å². The Morgan fingerprint density at radius 1 is 1.12 bits per heavy atom. The van der Waals surface area contributed by atoms with E-state index in [0.29, 0.717) is 12.2 Å². The standard InChI is InChI=1S/C20H21F2N5O5/c1-27-11(4-5-17(28)29)6-16(26-27)25-20-23-8-12(9-24-20)32-10-13-18(21)14(30-2)7-15(31-3)19(13)22/h6-9H,4-5,10H2,1-3H3,(H,28,29)(H,23,24,25,26). The van der Waals surface area contributed by atoms with Crippen molar-refractivity contribution < 1.29 is 32.9 Å². The van der Waals surface area contributed by atoms with E-state index in [2.05, 4.69) is 20.4 Å². The predicted molar refractivity (Wildman–Crippen MR) is 108 cm³/mol. The number of nitrogens with one attached hydrogen (secondary N) is 1. The van der Waals surface area contributed by atoms with Gasteiger partial charge in [-0.05, 0) is 6.42 Å². The molecule has 0 saturated heterocycles. The molecular formula is C20H21F2N5O5. The lowest BCUT2D eigenvalue weighted by Crippen LogP contribution is -2.06. The maximum absolute atomic E-state index is 14.4. The largest absolute Gasteiger partial charge is 0.494 e. The highest BCUT2D eigenvalue weighted by atomic mass is 19.1. The van der Waals surface area contributed by atoms with Crippen molar-refractivity contribution in [3.8, 4) is 17.2 Å². The Morgan fingerprint density at radius 3 is 2.31 bits per heavy atom. The third-order valence-electron chi connectivity index (χ3n) is 4.49. The zero-order valence-electron chi connectivity index (χ0n) is 17.6. The minimum Gasteiger partial charge on any atom is -0.494 e. The van der Waals surface area contributed by atoms with Crippen LogP contribution in [0.5, 0.6) is 17.2 Å². The molecule has 0 radical (unpaired) electrons. The van der Waals surface area contributed by atoms with E-state index in [1.807, 2.05) is 0 Å². The van der Waals surface area contributed by atoms with Gasteiger partial charge in [0.05, 0.1) is 38.6 Å². The predicted octanol–water partition coefficient (Wildman–Crippen LogP) is 2.85. The van der Waals surface area contributed by atoms with Crippen LogP contribution in [0.25, 0.3) is 0 Å². The fourth-order valence-electron chi connectivity index (χ4n) is 2.82. The van der Waals surface area contributed by atoms with E-state index in [4.69, 9.17) is 19.3 Å². The number of hydrogen-bond acceptors (Lipinski definition) is 8. The number of carbonyl (C=O) groups is 1. The van der Waals surface area contributed by atoms with E-state index in [1.165, 1.54) is 26.6 Å². The first-order valence-corrected chi connectivity index (χ1v) is 9.37. The van der Waals surface area contributed by atoms with Crippen molar-refractivity contribution in [3.63, 3.8) is 0 Å². The summed E-state index contributed by atoms with van der Waals surface area (Å²) in [6.07, 6.45) is 2.98. The molecule has 2 N–H and O–H groups in total. The minimum atomic E-state index is -0.896. The van der Waals surface area contributed by atoms with Gasteiger partial charge in [0.15, 0.2) is 34.7 Å². The summed E-state index contributed by atoms with van der Waals surface area (Å²) < 4.78 is 45.6. The first-order valence-electron chi connectivity index (χ1n) is 9.37. The van der Waals surface area contributed by atoms with Gasteiger partial charge in [-0.15, -0.1) is 0 Å². The number of rotatable bonds is 10. The van der Waals surface area contributed by atoms with Crippen LogP contribution in [0.15, 0.2) is 24.5 Å². The van der Waals surface area contributed by atoms with Gasteiger partial charge in [0.2, 0.25) is 5.95 Å². The van der Waals surface area contributed by atoms with Crippen molar-refractivity contribution in [2.75, 3.05) is 19.5 Å². The van der Waals surface area contributed by atoms with Gasteiger partial charge in [-0.25, -0.2) is 18.7 Å². The number of ether oxygens (including phenoxy) is 3. The average molecular weight is 449 g/mol. The maximum atomic E-state index is 14.4. The number of methoxy groups -OCH3 is 2. The van der Waals surface area contributed by atoms with Crippen molar-refractivity contribution in [2.24, 2.45) is 7.05 Å². The van der Waals surface area contributed by atoms with Crippen molar-refractivity contribution in [1.29, 1.82) is 0 Å². The third kappa shape index (κ3) is 5.20. The number of carboxylic acids is 1. The molecule has 12 heteroatoms. The molecule has 0 saturated carbocycles. The minimum absolute atomic E-state index is 0.0120. The summed E-state index contributed by atoms with van der Waals surface area (Å²) in [5.74, 6) is -2.19. The first-order chi connectivity index (χ1) is 15.3. The fourth-order valence-corrected chi connectivity index (χ4v) is 2.82. The molecule has 0 bridgehead atoms. The lowest BCUT2D eigenvalue weighted by molar-refractivity contribution is -0.136. The second-order valence-corrected chi connectivity index (χ2v) is 6.58. The van der Waals surface area contributed by atoms with Crippen LogP contribution in [0, 0.1) is 11.6 Å². The molecule has 0 atom stereocenters. The van der Waals surface area contributed by atoms with Crippen LogP contribution >= 0.6 is 0 Å². The molecule has 0 fully saturated rings. The molecule has 0 aliphatic heterocycles. The van der Waals surface area contributed by atoms with Crippen LogP contribution in [0.3, 0.4) is 0 Å². The van der Waals surface area contributed by atoms with Gasteiger partial charge in [0.1, 0.15) is 6.61 Å². The number of anilines is 2. The van der Waals surface area contributed by atoms with Crippen LogP contribution in [0.4, 0.5) is 20.5 Å². The van der Waals surface area contributed by atoms with Crippen LogP contribution < -0.4 is 19.5 Å². The molecule has 170 valence electrons. The number of nitrogens with zero attached hydrogens (tertiary/aromatic N) is 4. The second kappa shape index (κ2) is 9.90. The Balaban J connectivity index is 1.66. The Hall–Kier alpha value is -3.96. The normalized spacial score (nSPS) is 10.7. The molecule has 3 rings (SSSR count). The molecule has 2 aromatic heterocycles. The average Bonchev–Trinajstić information content (AvgIpc) is 3.12. The first kappa shape index (κ1) is 22.7. The van der Waals surface area contributed by atoms with E-state index in [1.54, 1.807) is 17.8 Å². The molecule has 0 spiro atoms. The maximum Gasteiger partial charge on any atom is 0.303 e. The van der Waals surface area contributed by atoms with Crippen LogP contribution in [0.1, 0.15) is 17.7 Å². The smallest absolute Gasteiger partial charge is 0.303 e. The fraction of sp³-hybridized carbons (Fsp3) is 0.300. The topological polar surface area (TPSA) is 121 Å². The van der Waals surface area contributed by atoms with Crippen LogP contribution in [-0.2, 0) is 24.9 Å². The van der Waals surface area contributed by atoms with E-state index in [0.717, 1.165) is 11.8 Å².